The maximum atomic E-state index is 15.9. The van der Waals surface area contributed by atoms with Crippen LogP contribution in [-0.2, 0) is 108 Å². The van der Waals surface area contributed by atoms with Gasteiger partial charge < -0.3 is 84.8 Å². The van der Waals surface area contributed by atoms with E-state index in [0.717, 1.165) is 20.7 Å². The van der Waals surface area contributed by atoms with Crippen molar-refractivity contribution in [1.29, 1.82) is 0 Å². The van der Waals surface area contributed by atoms with Crippen molar-refractivity contribution in [2.45, 2.75) is 222 Å². The molecule has 0 N–H and O–H groups in total. The van der Waals surface area contributed by atoms with Crippen LogP contribution in [0.15, 0.2) is 308 Å². The Labute approximate surface area is 801 Å². The Hall–Kier alpha value is -12.3. The van der Waals surface area contributed by atoms with Crippen molar-refractivity contribution >= 4 is 84.8 Å². The van der Waals surface area contributed by atoms with Crippen molar-refractivity contribution in [1.82, 2.24) is 0 Å². The van der Waals surface area contributed by atoms with Crippen molar-refractivity contribution in [2.75, 3.05) is 33.0 Å². The van der Waals surface area contributed by atoms with Gasteiger partial charge in [-0.15, -0.1) is 0 Å². The minimum Gasteiger partial charge on any atom is -0.455 e. The van der Waals surface area contributed by atoms with Gasteiger partial charge in [-0.1, -0.05) is 314 Å². The summed E-state index contributed by atoms with van der Waals surface area (Å²) < 4.78 is 115. The molecule has 10 aromatic rings. The van der Waals surface area contributed by atoms with Gasteiger partial charge in [0.1, 0.15) is 48.2 Å². The van der Waals surface area contributed by atoms with Crippen LogP contribution in [0.2, 0.25) is 10.1 Å². The van der Waals surface area contributed by atoms with Gasteiger partial charge in [-0.2, -0.15) is 0 Å². The summed E-state index contributed by atoms with van der Waals surface area (Å²) in [6.45, 7) is 13.5. The molecular formula is C108H119N3O24Si2. The molecule has 0 unspecified atom stereocenters. The second kappa shape index (κ2) is 49.6. The quantitative estimate of drug-likeness (QED) is 0.00651. The van der Waals surface area contributed by atoms with Crippen molar-refractivity contribution in [2.24, 2.45) is 5.11 Å². The maximum absolute atomic E-state index is 15.9. The summed E-state index contributed by atoms with van der Waals surface area (Å²) in [5.74, 6) is -6.39. The Bertz CT molecular complexity index is 5480. The van der Waals surface area contributed by atoms with E-state index >= 15 is 24.0 Å². The molecule has 3 aliphatic heterocycles. The highest BCUT2D eigenvalue weighted by atomic mass is 28.4. The average molecular weight is 1900 g/mol. The van der Waals surface area contributed by atoms with Crippen LogP contribution in [0.25, 0.3) is 10.4 Å². The van der Waals surface area contributed by atoms with E-state index in [0.29, 0.717) is 36.8 Å². The molecule has 3 aliphatic rings. The average Bonchev–Trinajstić information content (AvgIpc) is 0.742. The van der Waals surface area contributed by atoms with Crippen LogP contribution >= 0.6 is 0 Å². The maximum Gasteiger partial charge on any atom is 0.338 e. The molecule has 27 nitrogen and oxygen atoms in total. The van der Waals surface area contributed by atoms with Crippen LogP contribution in [0, 0.1) is 0 Å². The fraction of sp³-hybridized carbons (Fsp3) is 0.370. The zero-order valence-electron chi connectivity index (χ0n) is 78.3. The predicted molar refractivity (Wildman–Crippen MR) is 515 cm³/mol. The first-order chi connectivity index (χ1) is 66.3. The molecule has 10 aromatic carbocycles. The van der Waals surface area contributed by atoms with Crippen LogP contribution in [0.3, 0.4) is 0 Å². The number of azide groups is 1. The lowest BCUT2D eigenvalue weighted by Gasteiger charge is -2.50. The normalized spacial score (nSPS) is 21.7. The molecule has 0 radical (unpaired) electrons. The van der Waals surface area contributed by atoms with Crippen molar-refractivity contribution in [3.63, 3.8) is 0 Å². The van der Waals surface area contributed by atoms with Crippen LogP contribution in [0.1, 0.15) is 159 Å². The van der Waals surface area contributed by atoms with Gasteiger partial charge in [0.15, 0.2) is 55.5 Å². The molecule has 29 heteroatoms. The third-order valence-corrected chi connectivity index (χ3v) is 34.2. The molecule has 137 heavy (non-hydrogen) atoms. The number of ether oxygens (including phenoxy) is 14. The largest absolute Gasteiger partial charge is 0.455 e. The van der Waals surface area contributed by atoms with Crippen LogP contribution in [0.4, 0.5) is 0 Å². The minimum atomic E-state index is -3.68. The number of nitrogens with zero attached hydrogens (tertiary/aromatic N) is 3. The van der Waals surface area contributed by atoms with Crippen molar-refractivity contribution < 1.29 is 114 Å². The summed E-state index contributed by atoms with van der Waals surface area (Å²) in [6.07, 6.45) is -26.0. The lowest BCUT2D eigenvalue weighted by molar-refractivity contribution is -0.366. The molecular weight excluding hydrogens is 1780 g/mol. The summed E-state index contributed by atoms with van der Waals surface area (Å²) in [7, 11) is -7.28. The number of unbranched alkanes of at least 4 members (excludes halogenated alkanes) is 3. The van der Waals surface area contributed by atoms with E-state index in [1.807, 2.05) is 182 Å². The highest BCUT2D eigenvalue weighted by Crippen LogP contribution is 2.44. The topological polar surface area (TPSA) is 333 Å². The van der Waals surface area contributed by atoms with Gasteiger partial charge in [-0.3, -0.25) is 9.59 Å². The van der Waals surface area contributed by atoms with Crippen LogP contribution in [0.5, 0.6) is 0 Å². The van der Waals surface area contributed by atoms with Gasteiger partial charge in [-0.25, -0.2) is 19.2 Å². The lowest BCUT2D eigenvalue weighted by Crippen LogP contribution is -2.70. The molecule has 0 spiro atoms. The third kappa shape index (κ3) is 27.0. The molecule has 0 aliphatic carbocycles. The van der Waals surface area contributed by atoms with Crippen molar-refractivity contribution in [3.8, 4) is 0 Å². The van der Waals surface area contributed by atoms with E-state index in [1.165, 1.54) is 62.4 Å². The van der Waals surface area contributed by atoms with Gasteiger partial charge in [0.05, 0.1) is 68.1 Å². The Morgan fingerprint density at radius 1 is 0.321 bits per heavy atom. The second-order valence-corrected chi connectivity index (χ2v) is 44.6. The van der Waals surface area contributed by atoms with Crippen molar-refractivity contribution in [3.05, 3.63) is 347 Å². The number of carbonyl (C=O) groups excluding carboxylic acids is 8. The minimum absolute atomic E-state index is 0.00846. The van der Waals surface area contributed by atoms with E-state index in [2.05, 4.69) is 51.6 Å². The standard InChI is InChI=1S/C108H119N3O24Si2/c1-74(112)63-65-89(114)129-94-91(121-69-76-43-21-11-22-44-76)87(72-124-136(107(3,4)5,82-55-33-17-34-56-82)83-57-35-18-36-58-83)127-105(97(94)132-101(117)79-49-27-14-28-50-79)123-71-86-93(131-100(116)78-47-25-13-26-48-78)96(98(133-102(118)80-51-29-15-30-52-80)104(126-86)120-68-42-10-9-41-67-110-111-109)135-106-99(134-103(119)81-53-31-16-32-54-81)95(130-90(115)66-64-75(2)113)92(122-70-77-45-23-12-24-46-77)88(128-106)73-125-137(108(6,7)8,84-59-37-19-38-60-84)85-61-39-20-40-62-85/h11-40,43-62,86-88,91-99,104-106H,9-10,41-42,63-73H2,1-8H3/t86-,87-,88-,91-,92-,93-,94+,95+,96+,97+,98+,99+,104+,105+,106-/m1/s1. The molecule has 3 heterocycles. The Morgan fingerprint density at radius 2 is 0.620 bits per heavy atom. The predicted octanol–water partition coefficient (Wildman–Crippen LogP) is 16.2. The van der Waals surface area contributed by atoms with E-state index in [1.54, 1.807) is 72.8 Å². The van der Waals surface area contributed by atoms with E-state index < -0.39 is 181 Å². The highest BCUT2D eigenvalue weighted by molar-refractivity contribution is 7.00. The SMILES string of the molecule is CC(=O)CCC(=O)O[C@@H]1[C@H](OC(=O)c2ccccc2)[C@@H](OC[C@H]2O[C@H](OCCCCCCN=[N+]=[N-])[C@@H](OC(=O)c3ccccc3)[C@@H](O[C@H]3O[C@H](CO[Si](c4ccccc4)(c4ccccc4)C(C)(C)C)[C@@H](OCc4ccccc4)[C@H](OC(=O)CCC(C)=O)[C@@H]3OC(=O)c3ccccc3)[C@@H]2OC(=O)c2ccccc2)O[C@H](CO[Si](c2ccccc2)(c2ccccc2)C(C)(C)C)[C@H]1OCc1ccccc1. The summed E-state index contributed by atoms with van der Waals surface area (Å²) in [4.78, 5) is 122. The molecule has 718 valence electrons. The monoisotopic (exact) mass is 1900 g/mol. The van der Waals surface area contributed by atoms with E-state index in [-0.39, 0.29) is 79.6 Å². The van der Waals surface area contributed by atoms with E-state index in [4.69, 9.17) is 75.2 Å². The first-order valence-corrected chi connectivity index (χ1v) is 50.2. The van der Waals surface area contributed by atoms with Gasteiger partial charge >= 0.3 is 35.8 Å². The summed E-state index contributed by atoms with van der Waals surface area (Å²) in [6, 6.07) is 89.5. The zero-order chi connectivity index (χ0) is 96.7. The fourth-order valence-electron chi connectivity index (χ4n) is 17.5. The Balaban J connectivity index is 1.02. The molecule has 0 saturated carbocycles. The summed E-state index contributed by atoms with van der Waals surface area (Å²) in [5.41, 5.74) is 10.7. The number of Topliss-reactive ketones (excluding diaryl/α,β-unsaturated/α-hetero) is 2. The number of esters is 6. The van der Waals surface area contributed by atoms with Gasteiger partial charge in [0, 0.05) is 30.9 Å². The number of hydrogen-bond donors (Lipinski definition) is 0. The molecule has 0 amide bonds. The number of carbonyl (C=O) groups is 8. The molecule has 3 saturated heterocycles. The second-order valence-electron chi connectivity index (χ2n) is 36.0. The summed E-state index contributed by atoms with van der Waals surface area (Å²) in [5, 5.41) is 5.90. The fourth-order valence-corrected chi connectivity index (χ4v) is 26.6. The molecule has 15 atom stereocenters. The van der Waals surface area contributed by atoms with Crippen LogP contribution in [-0.4, -0.2) is 189 Å². The summed E-state index contributed by atoms with van der Waals surface area (Å²) >= 11 is 0. The Morgan fingerprint density at radius 3 is 0.964 bits per heavy atom. The smallest absolute Gasteiger partial charge is 0.338 e. The number of ketones is 2. The van der Waals surface area contributed by atoms with Gasteiger partial charge in [0.2, 0.25) is 0 Å². The number of hydrogen-bond acceptors (Lipinski definition) is 25. The third-order valence-electron chi connectivity index (χ3n) is 24.2. The first kappa shape index (κ1) is 102. The number of rotatable bonds is 45. The number of benzene rings is 10. The van der Waals surface area contributed by atoms with E-state index in [9.17, 15) is 19.9 Å². The zero-order valence-corrected chi connectivity index (χ0v) is 80.3. The van der Waals surface area contributed by atoms with Gasteiger partial charge in [-0.05, 0) is 123 Å². The Kier molecular flexibility index (Phi) is 37.0. The molecule has 13 rings (SSSR count). The van der Waals surface area contributed by atoms with Gasteiger partial charge in [0.25, 0.3) is 16.6 Å². The lowest BCUT2D eigenvalue weighted by atomic mass is 9.95. The highest BCUT2D eigenvalue weighted by Gasteiger charge is 2.61. The molecule has 0 aromatic heterocycles. The molecule has 3 fully saturated rings. The first-order valence-electron chi connectivity index (χ1n) is 46.4. The molecule has 0 bridgehead atoms. The van der Waals surface area contributed by atoms with Crippen LogP contribution < -0.4 is 20.7 Å².